The molecule has 0 atom stereocenters. The van der Waals surface area contributed by atoms with E-state index in [4.69, 9.17) is 0 Å². The molecular formula is C13H11N3O4S. The van der Waals surface area contributed by atoms with Crippen LogP contribution in [-0.2, 0) is 4.79 Å². The number of benzene rings is 1. The summed E-state index contributed by atoms with van der Waals surface area (Å²) in [5.41, 5.74) is -0.183. The Morgan fingerprint density at radius 3 is 2.62 bits per heavy atom. The van der Waals surface area contributed by atoms with E-state index >= 15 is 0 Å². The number of non-ortho nitro benzene ring substituents is 1. The van der Waals surface area contributed by atoms with Crippen LogP contribution in [0.25, 0.3) is 0 Å². The van der Waals surface area contributed by atoms with Crippen molar-refractivity contribution in [3.8, 4) is 0 Å². The molecule has 108 valence electrons. The maximum absolute atomic E-state index is 11.7. The van der Waals surface area contributed by atoms with Crippen molar-refractivity contribution in [2.24, 2.45) is 0 Å². The van der Waals surface area contributed by atoms with E-state index in [1.807, 2.05) is 0 Å². The lowest BCUT2D eigenvalue weighted by molar-refractivity contribution is -0.384. The number of carbonyl (C=O) groups is 1. The molecular weight excluding hydrogens is 294 g/mol. The number of thioether (sulfide) groups is 1. The first-order valence-corrected chi connectivity index (χ1v) is 6.89. The van der Waals surface area contributed by atoms with E-state index < -0.39 is 4.92 Å². The molecule has 2 N–H and O–H groups in total. The number of anilines is 1. The number of nitro groups is 1. The molecule has 1 amide bonds. The molecule has 0 aliphatic rings. The lowest BCUT2D eigenvalue weighted by Gasteiger charge is -2.04. The lowest BCUT2D eigenvalue weighted by Crippen LogP contribution is -2.20. The zero-order valence-corrected chi connectivity index (χ0v) is 11.6. The highest BCUT2D eigenvalue weighted by Gasteiger charge is 2.08. The highest BCUT2D eigenvalue weighted by molar-refractivity contribution is 8.00. The van der Waals surface area contributed by atoms with Crippen LogP contribution in [0.5, 0.6) is 0 Å². The van der Waals surface area contributed by atoms with E-state index in [-0.39, 0.29) is 28.6 Å². The summed E-state index contributed by atoms with van der Waals surface area (Å²) in [4.78, 5) is 36.3. The minimum atomic E-state index is -0.483. The van der Waals surface area contributed by atoms with Gasteiger partial charge < -0.3 is 10.3 Å². The number of H-pyrrole nitrogens is 1. The van der Waals surface area contributed by atoms with Crippen molar-refractivity contribution in [2.75, 3.05) is 11.1 Å². The summed E-state index contributed by atoms with van der Waals surface area (Å²) in [5, 5.41) is 13.0. The van der Waals surface area contributed by atoms with Crippen LogP contribution in [0.1, 0.15) is 0 Å². The summed E-state index contributed by atoms with van der Waals surface area (Å²) in [7, 11) is 0. The number of nitro benzene ring substituents is 1. The first kappa shape index (κ1) is 14.8. The average molecular weight is 305 g/mol. The second kappa shape index (κ2) is 6.71. The van der Waals surface area contributed by atoms with Crippen LogP contribution in [0.3, 0.4) is 0 Å². The Kier molecular flexibility index (Phi) is 4.72. The van der Waals surface area contributed by atoms with Gasteiger partial charge in [-0.15, -0.1) is 11.8 Å². The molecule has 0 aliphatic carbocycles. The van der Waals surface area contributed by atoms with Crippen molar-refractivity contribution in [2.45, 2.75) is 4.90 Å². The van der Waals surface area contributed by atoms with Gasteiger partial charge in [0.2, 0.25) is 5.91 Å². The predicted octanol–water partition coefficient (Wildman–Crippen LogP) is 2.01. The van der Waals surface area contributed by atoms with Gasteiger partial charge in [-0.25, -0.2) is 0 Å². The fourth-order valence-corrected chi connectivity index (χ4v) is 2.22. The Balaban J connectivity index is 1.91. The number of hydrogen-bond donors (Lipinski definition) is 2. The number of carbonyl (C=O) groups excluding carboxylic acids is 1. The monoisotopic (exact) mass is 305 g/mol. The standard InChI is InChI=1S/C13H11N3O4S/c17-12(15-11-2-1-7-14-13(11)18)8-21-10-5-3-9(4-6-10)16(19)20/h1-7H,8H2,(H,14,18)(H,15,17). The molecule has 0 spiro atoms. The van der Waals surface area contributed by atoms with Crippen molar-refractivity contribution in [1.29, 1.82) is 0 Å². The lowest BCUT2D eigenvalue weighted by atomic mass is 10.3. The van der Waals surface area contributed by atoms with E-state index in [1.165, 1.54) is 36.2 Å². The Hall–Kier alpha value is -2.61. The Bertz CT molecular complexity index is 712. The molecule has 0 unspecified atom stereocenters. The molecule has 8 heteroatoms. The number of aromatic amines is 1. The SMILES string of the molecule is O=C(CSc1ccc([N+](=O)[O-])cc1)Nc1ccc[nH]c1=O. The molecule has 2 rings (SSSR count). The van der Waals surface area contributed by atoms with Crippen LogP contribution < -0.4 is 10.9 Å². The van der Waals surface area contributed by atoms with Crippen molar-refractivity contribution >= 4 is 29.0 Å². The Morgan fingerprint density at radius 1 is 1.29 bits per heavy atom. The van der Waals surface area contributed by atoms with Gasteiger partial charge in [0, 0.05) is 23.2 Å². The quantitative estimate of drug-likeness (QED) is 0.499. The highest BCUT2D eigenvalue weighted by atomic mass is 32.2. The van der Waals surface area contributed by atoms with Gasteiger partial charge in [-0.3, -0.25) is 19.7 Å². The molecule has 0 radical (unpaired) electrons. The number of nitrogens with zero attached hydrogens (tertiary/aromatic N) is 1. The fourth-order valence-electron chi connectivity index (χ4n) is 1.52. The van der Waals surface area contributed by atoms with Crippen molar-refractivity contribution in [3.05, 3.63) is 63.1 Å². The second-order valence-electron chi connectivity index (χ2n) is 4.00. The van der Waals surface area contributed by atoms with Crippen LogP contribution >= 0.6 is 11.8 Å². The topological polar surface area (TPSA) is 105 Å². The zero-order valence-electron chi connectivity index (χ0n) is 10.7. The molecule has 0 fully saturated rings. The van der Waals surface area contributed by atoms with Crippen molar-refractivity contribution < 1.29 is 9.72 Å². The first-order chi connectivity index (χ1) is 10.1. The van der Waals surface area contributed by atoms with Gasteiger partial charge in [0.15, 0.2) is 0 Å². The minimum Gasteiger partial charge on any atom is -0.327 e. The van der Waals surface area contributed by atoms with Gasteiger partial charge in [0.05, 0.1) is 10.7 Å². The van der Waals surface area contributed by atoms with E-state index in [0.29, 0.717) is 0 Å². The number of rotatable bonds is 5. The summed E-state index contributed by atoms with van der Waals surface area (Å²) in [6.45, 7) is 0. The van der Waals surface area contributed by atoms with Gasteiger partial charge >= 0.3 is 0 Å². The summed E-state index contributed by atoms with van der Waals surface area (Å²) in [6, 6.07) is 9.02. The van der Waals surface area contributed by atoms with E-state index in [1.54, 1.807) is 18.2 Å². The predicted molar refractivity (Wildman–Crippen MR) is 79.5 cm³/mol. The maximum atomic E-state index is 11.7. The van der Waals surface area contributed by atoms with E-state index in [9.17, 15) is 19.7 Å². The third kappa shape index (κ3) is 4.18. The van der Waals surface area contributed by atoms with Gasteiger partial charge in [0.1, 0.15) is 5.69 Å². The molecule has 2 aromatic rings. The van der Waals surface area contributed by atoms with Crippen molar-refractivity contribution in [3.63, 3.8) is 0 Å². The summed E-state index contributed by atoms with van der Waals surface area (Å²) < 4.78 is 0. The average Bonchev–Trinajstić information content (AvgIpc) is 2.48. The first-order valence-electron chi connectivity index (χ1n) is 5.91. The molecule has 0 aliphatic heterocycles. The van der Waals surface area contributed by atoms with Gasteiger partial charge in [0.25, 0.3) is 11.2 Å². The van der Waals surface area contributed by atoms with E-state index in [2.05, 4.69) is 10.3 Å². The molecule has 0 saturated heterocycles. The van der Waals surface area contributed by atoms with Gasteiger partial charge in [-0.2, -0.15) is 0 Å². The Labute approximate surface area is 123 Å². The number of amides is 1. The number of nitrogens with one attached hydrogen (secondary N) is 2. The van der Waals surface area contributed by atoms with Crippen LogP contribution in [-0.4, -0.2) is 21.6 Å². The zero-order chi connectivity index (χ0) is 15.2. The van der Waals surface area contributed by atoms with Gasteiger partial charge in [-0.1, -0.05) is 0 Å². The van der Waals surface area contributed by atoms with Gasteiger partial charge in [-0.05, 0) is 24.3 Å². The minimum absolute atomic E-state index is 0.000351. The maximum Gasteiger partial charge on any atom is 0.271 e. The smallest absolute Gasteiger partial charge is 0.271 e. The summed E-state index contributed by atoms with van der Waals surface area (Å²) >= 11 is 1.23. The third-order valence-electron chi connectivity index (χ3n) is 2.51. The van der Waals surface area contributed by atoms with Crippen molar-refractivity contribution in [1.82, 2.24) is 4.98 Å². The summed E-state index contributed by atoms with van der Waals surface area (Å²) in [5.74, 6) is -0.221. The second-order valence-corrected chi connectivity index (χ2v) is 5.05. The number of pyridine rings is 1. The molecule has 0 bridgehead atoms. The Morgan fingerprint density at radius 2 is 2.00 bits per heavy atom. The molecule has 21 heavy (non-hydrogen) atoms. The molecule has 1 heterocycles. The number of aromatic nitrogens is 1. The van der Waals surface area contributed by atoms with Crippen LogP contribution in [0.2, 0.25) is 0 Å². The van der Waals surface area contributed by atoms with E-state index in [0.717, 1.165) is 4.90 Å². The largest absolute Gasteiger partial charge is 0.327 e. The normalized spacial score (nSPS) is 10.1. The highest BCUT2D eigenvalue weighted by Crippen LogP contribution is 2.21. The molecule has 1 aromatic carbocycles. The third-order valence-corrected chi connectivity index (χ3v) is 3.52. The molecule has 0 saturated carbocycles. The summed E-state index contributed by atoms with van der Waals surface area (Å²) in [6.07, 6.45) is 1.48. The fraction of sp³-hybridized carbons (Fsp3) is 0.0769. The molecule has 7 nitrogen and oxygen atoms in total. The van der Waals surface area contributed by atoms with Crippen LogP contribution in [0.4, 0.5) is 11.4 Å². The van der Waals surface area contributed by atoms with Crippen LogP contribution in [0, 0.1) is 10.1 Å². The number of hydrogen-bond acceptors (Lipinski definition) is 5. The molecule has 1 aromatic heterocycles. The van der Waals surface area contributed by atoms with Crippen LogP contribution in [0.15, 0.2) is 52.3 Å².